The van der Waals surface area contributed by atoms with E-state index in [4.69, 9.17) is 33.2 Å². The Morgan fingerprint density at radius 3 is 2.56 bits per heavy atom. The number of aromatic nitrogens is 2. The molecular weight excluding hydrogens is 381 g/mol. The van der Waals surface area contributed by atoms with Crippen molar-refractivity contribution in [3.8, 4) is 0 Å². The molecule has 0 aliphatic carbocycles. The van der Waals surface area contributed by atoms with E-state index in [1.54, 1.807) is 18.2 Å². The van der Waals surface area contributed by atoms with E-state index in [1.165, 1.54) is 0 Å². The zero-order chi connectivity index (χ0) is 19.6. The van der Waals surface area contributed by atoms with Crippen LogP contribution >= 0.6 is 23.2 Å². The minimum atomic E-state index is 0.325. The van der Waals surface area contributed by atoms with Crippen LogP contribution in [0.15, 0.2) is 29.8 Å². The van der Waals surface area contributed by atoms with Crippen molar-refractivity contribution in [2.75, 3.05) is 25.5 Å². The van der Waals surface area contributed by atoms with Gasteiger partial charge in [-0.05, 0) is 71.1 Å². The van der Waals surface area contributed by atoms with Crippen molar-refractivity contribution in [3.63, 3.8) is 0 Å². The summed E-state index contributed by atoms with van der Waals surface area (Å²) in [5.41, 5.74) is 2.59. The molecular formula is C20H25Cl2N5. The van der Waals surface area contributed by atoms with Crippen LogP contribution in [-0.4, -0.2) is 40.3 Å². The molecule has 0 saturated carbocycles. The molecule has 1 aromatic heterocycles. The maximum absolute atomic E-state index is 6.17. The van der Waals surface area contributed by atoms with Gasteiger partial charge in [0.15, 0.2) is 5.82 Å². The third-order valence-corrected chi connectivity index (χ3v) is 5.40. The number of nitrogens with one attached hydrogen (secondary N) is 1. The Balaban J connectivity index is 2.05. The Labute approximate surface area is 170 Å². The normalized spacial score (nSPS) is 15.6. The third kappa shape index (κ3) is 4.54. The second-order valence-corrected chi connectivity index (χ2v) is 7.88. The van der Waals surface area contributed by atoms with Gasteiger partial charge in [-0.15, -0.1) is 0 Å². The van der Waals surface area contributed by atoms with Crippen molar-refractivity contribution in [2.45, 2.75) is 32.7 Å². The van der Waals surface area contributed by atoms with E-state index in [0.717, 1.165) is 54.8 Å². The van der Waals surface area contributed by atoms with Crippen molar-refractivity contribution >= 4 is 52.4 Å². The summed E-state index contributed by atoms with van der Waals surface area (Å²) in [7, 11) is 2.16. The third-order valence-electron chi connectivity index (χ3n) is 4.66. The zero-order valence-electron chi connectivity index (χ0n) is 16.0. The van der Waals surface area contributed by atoms with Gasteiger partial charge >= 0.3 is 0 Å². The first-order chi connectivity index (χ1) is 12.9. The van der Waals surface area contributed by atoms with Gasteiger partial charge in [-0.1, -0.05) is 29.8 Å². The molecule has 3 rings (SSSR count). The van der Waals surface area contributed by atoms with Crippen LogP contribution in [0.3, 0.4) is 0 Å². The number of nitrogens with zero attached hydrogens (tertiary/aromatic N) is 4. The van der Waals surface area contributed by atoms with Crippen molar-refractivity contribution in [2.24, 2.45) is 4.99 Å². The van der Waals surface area contributed by atoms with Crippen molar-refractivity contribution < 1.29 is 0 Å². The molecule has 2 heterocycles. The molecule has 0 unspecified atom stereocenters. The predicted octanol–water partition coefficient (Wildman–Crippen LogP) is 5.96. The van der Waals surface area contributed by atoms with Gasteiger partial charge in [0, 0.05) is 17.4 Å². The summed E-state index contributed by atoms with van der Waals surface area (Å²) < 4.78 is 2.21. The van der Waals surface area contributed by atoms with Gasteiger partial charge in [-0.2, -0.15) is 0 Å². The number of anilines is 2. The first kappa shape index (κ1) is 19.9. The summed E-state index contributed by atoms with van der Waals surface area (Å²) >= 11 is 12.2. The molecule has 0 atom stereocenters. The Morgan fingerprint density at radius 1 is 1.26 bits per heavy atom. The monoisotopic (exact) mass is 405 g/mol. The Hall–Kier alpha value is -1.82. The molecule has 0 bridgehead atoms. The Bertz CT molecular complexity index is 859. The molecule has 5 nitrogen and oxygen atoms in total. The quantitative estimate of drug-likeness (QED) is 0.624. The van der Waals surface area contributed by atoms with E-state index in [1.807, 2.05) is 19.9 Å². The lowest BCUT2D eigenvalue weighted by Gasteiger charge is -2.31. The molecule has 2 aromatic rings. The summed E-state index contributed by atoms with van der Waals surface area (Å²) in [5, 5.41) is 4.43. The van der Waals surface area contributed by atoms with Crippen molar-refractivity contribution in [1.82, 2.24) is 14.5 Å². The highest BCUT2D eigenvalue weighted by Crippen LogP contribution is 2.36. The topological polar surface area (TPSA) is 45.5 Å². The van der Waals surface area contributed by atoms with E-state index in [9.17, 15) is 0 Å². The van der Waals surface area contributed by atoms with Crippen LogP contribution in [0.5, 0.6) is 0 Å². The van der Waals surface area contributed by atoms with Gasteiger partial charge in [0.05, 0.1) is 10.0 Å². The SMILES string of the molecule is C=Cc1nc(Nc2ccc(Cl)c(Cl)c2)n(C2CCN(C)CC2)c1N=C(C)C. The Kier molecular flexibility index (Phi) is 6.25. The minimum absolute atomic E-state index is 0.325. The van der Waals surface area contributed by atoms with E-state index >= 15 is 0 Å². The number of benzene rings is 1. The summed E-state index contributed by atoms with van der Waals surface area (Å²) in [6.07, 6.45) is 3.85. The van der Waals surface area contributed by atoms with E-state index < -0.39 is 0 Å². The van der Waals surface area contributed by atoms with Gasteiger partial charge in [0.25, 0.3) is 0 Å². The fourth-order valence-electron chi connectivity index (χ4n) is 3.29. The van der Waals surface area contributed by atoms with E-state index in [2.05, 4.69) is 28.4 Å². The number of hydrogen-bond acceptors (Lipinski definition) is 4. The number of rotatable bonds is 5. The van der Waals surface area contributed by atoms with Crippen LogP contribution in [0.25, 0.3) is 6.08 Å². The molecule has 1 aliphatic rings. The summed E-state index contributed by atoms with van der Waals surface area (Å²) in [6, 6.07) is 5.80. The number of halogens is 2. The van der Waals surface area contributed by atoms with Gasteiger partial charge < -0.3 is 10.2 Å². The van der Waals surface area contributed by atoms with Crippen LogP contribution in [0.1, 0.15) is 38.4 Å². The fraction of sp³-hybridized carbons (Fsp3) is 0.400. The van der Waals surface area contributed by atoms with Crippen LogP contribution in [0, 0.1) is 0 Å². The number of likely N-dealkylation sites (tertiary alicyclic amines) is 1. The molecule has 1 aromatic carbocycles. The first-order valence-corrected chi connectivity index (χ1v) is 9.81. The van der Waals surface area contributed by atoms with Crippen LogP contribution in [-0.2, 0) is 0 Å². The highest BCUT2D eigenvalue weighted by Gasteiger charge is 2.25. The maximum atomic E-state index is 6.17. The molecule has 0 radical (unpaired) electrons. The summed E-state index contributed by atoms with van der Waals surface area (Å²) in [6.45, 7) is 10.0. The Morgan fingerprint density at radius 2 is 1.96 bits per heavy atom. The molecule has 1 fully saturated rings. The van der Waals surface area contributed by atoms with E-state index in [-0.39, 0.29) is 0 Å². The van der Waals surface area contributed by atoms with E-state index in [0.29, 0.717) is 16.1 Å². The summed E-state index contributed by atoms with van der Waals surface area (Å²) in [4.78, 5) is 11.9. The molecule has 1 N–H and O–H groups in total. The molecule has 0 spiro atoms. The number of hydrogen-bond donors (Lipinski definition) is 1. The van der Waals surface area contributed by atoms with Crippen LogP contribution in [0.2, 0.25) is 10.0 Å². The lowest BCUT2D eigenvalue weighted by atomic mass is 10.1. The molecule has 0 amide bonds. The lowest BCUT2D eigenvalue weighted by molar-refractivity contribution is 0.223. The molecule has 7 heteroatoms. The molecule has 27 heavy (non-hydrogen) atoms. The zero-order valence-corrected chi connectivity index (χ0v) is 17.5. The molecule has 144 valence electrons. The van der Waals surface area contributed by atoms with Gasteiger partial charge in [0.2, 0.25) is 5.95 Å². The fourth-order valence-corrected chi connectivity index (χ4v) is 3.59. The average molecular weight is 406 g/mol. The number of imidazole rings is 1. The predicted molar refractivity (Wildman–Crippen MR) is 116 cm³/mol. The summed E-state index contributed by atoms with van der Waals surface area (Å²) in [5.74, 6) is 1.60. The van der Waals surface area contributed by atoms with Crippen LogP contribution < -0.4 is 5.32 Å². The van der Waals surface area contributed by atoms with Gasteiger partial charge in [-0.25, -0.2) is 9.98 Å². The second kappa shape index (κ2) is 8.46. The first-order valence-electron chi connectivity index (χ1n) is 9.06. The molecule has 1 saturated heterocycles. The second-order valence-electron chi connectivity index (χ2n) is 7.07. The largest absolute Gasteiger partial charge is 0.325 e. The van der Waals surface area contributed by atoms with Gasteiger partial charge in [0.1, 0.15) is 5.69 Å². The minimum Gasteiger partial charge on any atom is -0.325 e. The number of aliphatic imine (C=N–C) groups is 1. The van der Waals surface area contributed by atoms with Crippen LogP contribution in [0.4, 0.5) is 17.5 Å². The molecule has 1 aliphatic heterocycles. The van der Waals surface area contributed by atoms with Crippen molar-refractivity contribution in [1.29, 1.82) is 0 Å². The highest BCUT2D eigenvalue weighted by atomic mass is 35.5. The number of piperidine rings is 1. The maximum Gasteiger partial charge on any atom is 0.209 e. The van der Waals surface area contributed by atoms with Gasteiger partial charge in [-0.3, -0.25) is 4.57 Å². The average Bonchev–Trinajstić information content (AvgIpc) is 2.95. The highest BCUT2D eigenvalue weighted by molar-refractivity contribution is 6.42. The lowest BCUT2D eigenvalue weighted by Crippen LogP contribution is -2.31. The van der Waals surface area contributed by atoms with Crippen molar-refractivity contribution in [3.05, 3.63) is 40.5 Å². The standard InChI is InChI=1S/C20H25Cl2N5/c1-5-18-19(23-13(2)3)27(15-8-10-26(4)11-9-15)20(25-18)24-14-6-7-16(21)17(22)12-14/h5-7,12,15H,1,8-11H2,2-4H3,(H,24,25). The smallest absolute Gasteiger partial charge is 0.209 e.